The summed E-state index contributed by atoms with van der Waals surface area (Å²) in [6, 6.07) is 9.99. The monoisotopic (exact) mass is 386 g/mol. The molecule has 2 N–H and O–H groups in total. The average molecular weight is 386 g/mol. The number of rotatable bonds is 8. The molecule has 3 rings (SSSR count). The van der Waals surface area contributed by atoms with Gasteiger partial charge in [-0.15, -0.1) is 0 Å². The maximum atomic E-state index is 12.4. The third kappa shape index (κ3) is 5.95. The Hall–Kier alpha value is -3.13. The number of benzene rings is 1. The van der Waals surface area contributed by atoms with Crippen molar-refractivity contribution < 1.29 is 28.9 Å². The Kier molecular flexibility index (Phi) is 6.80. The summed E-state index contributed by atoms with van der Waals surface area (Å²) in [6.45, 7) is 1.23. The zero-order valence-electron chi connectivity index (χ0n) is 15.3. The molecule has 1 saturated heterocycles. The summed E-state index contributed by atoms with van der Waals surface area (Å²) >= 11 is 0. The Balaban J connectivity index is 1.55. The normalized spacial score (nSPS) is 14.3. The molecule has 148 valence electrons. The fraction of sp³-hybridized carbons (Fsp3) is 0.350. The summed E-state index contributed by atoms with van der Waals surface area (Å²) in [6.07, 6.45) is 3.42. The van der Waals surface area contributed by atoms with Crippen molar-refractivity contribution in [3.63, 3.8) is 0 Å². The fourth-order valence-corrected chi connectivity index (χ4v) is 2.75. The number of carbonyl (C=O) groups is 2. The predicted molar refractivity (Wildman–Crippen MR) is 99.4 cm³/mol. The van der Waals surface area contributed by atoms with Crippen LogP contribution >= 0.6 is 0 Å². The van der Waals surface area contributed by atoms with E-state index in [0.717, 1.165) is 18.4 Å². The number of carboxylic acids is 1. The second-order valence-corrected chi connectivity index (χ2v) is 6.32. The van der Waals surface area contributed by atoms with Gasteiger partial charge in [-0.05, 0) is 29.8 Å². The van der Waals surface area contributed by atoms with Crippen LogP contribution in [0.15, 0.2) is 42.6 Å². The summed E-state index contributed by atoms with van der Waals surface area (Å²) in [5, 5.41) is 11.5. The minimum absolute atomic E-state index is 0.0969. The number of hydrogen-bond acceptors (Lipinski definition) is 6. The standard InChI is InChI=1S/C20H22N2O6/c23-19(24)13-27-17-3-1-2-15(11-17)20(25)22-12-14-4-7-21-18(10-14)28-16-5-8-26-9-6-16/h1-4,7,10-11,16H,5-6,8-9,12-13H2,(H,22,25)(H,23,24). The molecule has 2 heterocycles. The molecule has 0 aliphatic carbocycles. The highest BCUT2D eigenvalue weighted by molar-refractivity contribution is 5.94. The molecule has 0 atom stereocenters. The molecule has 0 unspecified atom stereocenters. The third-order valence-corrected chi connectivity index (χ3v) is 4.17. The molecule has 1 aromatic heterocycles. The van der Waals surface area contributed by atoms with Crippen molar-refractivity contribution in [2.75, 3.05) is 19.8 Å². The highest BCUT2D eigenvalue weighted by atomic mass is 16.5. The van der Waals surface area contributed by atoms with E-state index < -0.39 is 12.6 Å². The van der Waals surface area contributed by atoms with Crippen LogP contribution < -0.4 is 14.8 Å². The number of carbonyl (C=O) groups excluding carboxylic acids is 1. The lowest BCUT2D eigenvalue weighted by atomic mass is 10.1. The van der Waals surface area contributed by atoms with Crippen LogP contribution in [0.3, 0.4) is 0 Å². The maximum absolute atomic E-state index is 12.4. The number of amides is 1. The van der Waals surface area contributed by atoms with Crippen molar-refractivity contribution in [2.45, 2.75) is 25.5 Å². The van der Waals surface area contributed by atoms with E-state index in [-0.39, 0.29) is 12.0 Å². The minimum atomic E-state index is -1.08. The molecule has 2 aromatic rings. The van der Waals surface area contributed by atoms with Crippen LogP contribution in [-0.2, 0) is 16.1 Å². The van der Waals surface area contributed by atoms with E-state index in [1.165, 1.54) is 6.07 Å². The number of hydrogen-bond donors (Lipinski definition) is 2. The van der Waals surface area contributed by atoms with E-state index >= 15 is 0 Å². The van der Waals surface area contributed by atoms with E-state index in [1.54, 1.807) is 24.4 Å². The Morgan fingerprint density at radius 3 is 2.82 bits per heavy atom. The number of aromatic nitrogens is 1. The van der Waals surface area contributed by atoms with Gasteiger partial charge in [0.1, 0.15) is 11.9 Å². The van der Waals surface area contributed by atoms with Gasteiger partial charge in [0.05, 0.1) is 13.2 Å². The van der Waals surface area contributed by atoms with Gasteiger partial charge in [-0.2, -0.15) is 0 Å². The quantitative estimate of drug-likeness (QED) is 0.715. The van der Waals surface area contributed by atoms with Crippen LogP contribution in [0.5, 0.6) is 11.6 Å². The number of pyridine rings is 1. The molecule has 1 aliphatic rings. The summed E-state index contributed by atoms with van der Waals surface area (Å²) < 4.78 is 16.3. The first-order chi connectivity index (χ1) is 13.6. The van der Waals surface area contributed by atoms with E-state index in [2.05, 4.69) is 10.3 Å². The predicted octanol–water partition coefficient (Wildman–Crippen LogP) is 2.03. The van der Waals surface area contributed by atoms with Crippen LogP contribution in [-0.4, -0.2) is 47.9 Å². The number of aliphatic carboxylic acids is 1. The number of nitrogens with zero attached hydrogens (tertiary/aromatic N) is 1. The summed E-state index contributed by atoms with van der Waals surface area (Å²) in [5.74, 6) is -0.510. The molecule has 8 nitrogen and oxygen atoms in total. The molecule has 28 heavy (non-hydrogen) atoms. The van der Waals surface area contributed by atoms with Crippen molar-refractivity contribution >= 4 is 11.9 Å². The second kappa shape index (κ2) is 9.70. The SMILES string of the molecule is O=C(O)COc1cccc(C(=O)NCc2ccnc(OC3CCOCC3)c2)c1. The smallest absolute Gasteiger partial charge is 0.341 e. The Morgan fingerprint density at radius 1 is 1.21 bits per heavy atom. The van der Waals surface area contributed by atoms with E-state index in [0.29, 0.717) is 37.0 Å². The Labute approximate surface area is 162 Å². The lowest BCUT2D eigenvalue weighted by Crippen LogP contribution is -2.26. The van der Waals surface area contributed by atoms with Gasteiger partial charge in [0.15, 0.2) is 6.61 Å². The van der Waals surface area contributed by atoms with E-state index in [4.69, 9.17) is 19.3 Å². The number of nitrogens with one attached hydrogen (secondary N) is 1. The first-order valence-corrected chi connectivity index (χ1v) is 9.02. The van der Waals surface area contributed by atoms with Gasteiger partial charge in [0, 0.05) is 37.2 Å². The fourth-order valence-electron chi connectivity index (χ4n) is 2.75. The lowest BCUT2D eigenvalue weighted by Gasteiger charge is -2.22. The van der Waals surface area contributed by atoms with E-state index in [9.17, 15) is 9.59 Å². The topological polar surface area (TPSA) is 107 Å². The maximum Gasteiger partial charge on any atom is 0.341 e. The third-order valence-electron chi connectivity index (χ3n) is 4.17. The number of ether oxygens (including phenoxy) is 3. The molecule has 0 saturated carbocycles. The van der Waals surface area contributed by atoms with Crippen molar-refractivity contribution in [1.82, 2.24) is 10.3 Å². The van der Waals surface area contributed by atoms with Gasteiger partial charge in [-0.25, -0.2) is 9.78 Å². The minimum Gasteiger partial charge on any atom is -0.482 e. The van der Waals surface area contributed by atoms with E-state index in [1.807, 2.05) is 12.1 Å². The summed E-state index contributed by atoms with van der Waals surface area (Å²) in [7, 11) is 0. The molecule has 0 spiro atoms. The van der Waals surface area contributed by atoms with Crippen LogP contribution in [0.2, 0.25) is 0 Å². The highest BCUT2D eigenvalue weighted by Gasteiger charge is 2.16. The van der Waals surface area contributed by atoms with Crippen LogP contribution in [0, 0.1) is 0 Å². The van der Waals surface area contributed by atoms with Crippen molar-refractivity contribution in [3.05, 3.63) is 53.7 Å². The van der Waals surface area contributed by atoms with Crippen molar-refractivity contribution in [2.24, 2.45) is 0 Å². The van der Waals surface area contributed by atoms with Crippen molar-refractivity contribution in [1.29, 1.82) is 0 Å². The lowest BCUT2D eigenvalue weighted by molar-refractivity contribution is -0.139. The summed E-state index contributed by atoms with van der Waals surface area (Å²) in [5.41, 5.74) is 1.25. The molecular formula is C20H22N2O6. The first kappa shape index (κ1) is 19.6. The summed E-state index contributed by atoms with van der Waals surface area (Å²) in [4.78, 5) is 27.2. The van der Waals surface area contributed by atoms with Gasteiger partial charge >= 0.3 is 5.97 Å². The molecular weight excluding hydrogens is 364 g/mol. The Bertz CT molecular complexity index is 820. The van der Waals surface area contributed by atoms with Gasteiger partial charge < -0.3 is 24.6 Å². The molecule has 1 aromatic carbocycles. The van der Waals surface area contributed by atoms with Gasteiger partial charge in [-0.3, -0.25) is 4.79 Å². The molecule has 1 amide bonds. The zero-order chi connectivity index (χ0) is 19.8. The second-order valence-electron chi connectivity index (χ2n) is 6.32. The van der Waals surface area contributed by atoms with Crippen LogP contribution in [0.4, 0.5) is 0 Å². The largest absolute Gasteiger partial charge is 0.482 e. The molecule has 0 radical (unpaired) electrons. The number of carboxylic acid groups (broad SMARTS) is 1. The highest BCUT2D eigenvalue weighted by Crippen LogP contribution is 2.17. The van der Waals surface area contributed by atoms with Crippen LogP contribution in [0.25, 0.3) is 0 Å². The van der Waals surface area contributed by atoms with Crippen LogP contribution in [0.1, 0.15) is 28.8 Å². The average Bonchev–Trinajstić information content (AvgIpc) is 2.72. The first-order valence-electron chi connectivity index (χ1n) is 9.02. The van der Waals surface area contributed by atoms with Crippen molar-refractivity contribution in [3.8, 4) is 11.6 Å². The van der Waals surface area contributed by atoms with Gasteiger partial charge in [-0.1, -0.05) is 6.07 Å². The van der Waals surface area contributed by atoms with Gasteiger partial charge in [0.2, 0.25) is 5.88 Å². The Morgan fingerprint density at radius 2 is 2.04 bits per heavy atom. The van der Waals surface area contributed by atoms with Gasteiger partial charge in [0.25, 0.3) is 5.91 Å². The molecule has 0 bridgehead atoms. The molecule has 8 heteroatoms. The zero-order valence-corrected chi connectivity index (χ0v) is 15.3. The molecule has 1 aliphatic heterocycles. The molecule has 1 fully saturated rings.